The molecule has 0 aliphatic carbocycles. The molecule has 7 heteroatoms. The van der Waals surface area contributed by atoms with E-state index in [2.05, 4.69) is 10.1 Å². The Morgan fingerprint density at radius 2 is 1.78 bits per heavy atom. The number of nitrogens with zero attached hydrogens (tertiary/aromatic N) is 3. The van der Waals surface area contributed by atoms with Crippen molar-refractivity contribution in [3.05, 3.63) is 48.0 Å². The summed E-state index contributed by atoms with van der Waals surface area (Å²) in [7, 11) is 0. The smallest absolute Gasteiger partial charge is 0.194 e. The van der Waals surface area contributed by atoms with Crippen LogP contribution in [0.2, 0.25) is 0 Å². The standard InChI is InChI=1S/C16H12F3N3O/c1-9(23)2-3-22-15-6-11(7-20-14(15)8-21-22)10-4-12(17)16(19)13(18)5-10/h4-8H,2-3H2,1H3. The maximum atomic E-state index is 13.4. The number of pyridine rings is 1. The Balaban J connectivity index is 2.05. The number of halogens is 3. The van der Waals surface area contributed by atoms with E-state index in [0.29, 0.717) is 29.6 Å². The summed E-state index contributed by atoms with van der Waals surface area (Å²) in [5, 5.41) is 4.15. The third kappa shape index (κ3) is 2.94. The lowest BCUT2D eigenvalue weighted by molar-refractivity contribution is -0.117. The highest BCUT2D eigenvalue weighted by atomic mass is 19.2. The van der Waals surface area contributed by atoms with E-state index in [-0.39, 0.29) is 11.3 Å². The first-order chi connectivity index (χ1) is 11.0. The minimum Gasteiger partial charge on any atom is -0.300 e. The molecule has 2 heterocycles. The SMILES string of the molecule is CC(=O)CCn1ncc2ncc(-c3cc(F)c(F)c(F)c3)cc21. The van der Waals surface area contributed by atoms with Gasteiger partial charge in [-0.3, -0.25) is 14.5 Å². The first-order valence-corrected chi connectivity index (χ1v) is 6.91. The van der Waals surface area contributed by atoms with Crippen LogP contribution in [0.3, 0.4) is 0 Å². The normalized spacial score (nSPS) is 11.1. The van der Waals surface area contributed by atoms with Gasteiger partial charge in [0, 0.05) is 24.7 Å². The molecule has 2 aromatic heterocycles. The van der Waals surface area contributed by atoms with Crippen LogP contribution in [0.4, 0.5) is 13.2 Å². The van der Waals surface area contributed by atoms with Gasteiger partial charge in [0.2, 0.25) is 0 Å². The number of carbonyl (C=O) groups excluding carboxylic acids is 1. The molecule has 0 fully saturated rings. The number of hydrogen-bond acceptors (Lipinski definition) is 3. The maximum absolute atomic E-state index is 13.4. The van der Waals surface area contributed by atoms with E-state index in [9.17, 15) is 18.0 Å². The summed E-state index contributed by atoms with van der Waals surface area (Å²) in [6.07, 6.45) is 3.30. The van der Waals surface area contributed by atoms with Crippen molar-refractivity contribution >= 4 is 16.8 Å². The van der Waals surface area contributed by atoms with Gasteiger partial charge in [0.15, 0.2) is 17.5 Å². The number of Topliss-reactive ketones (excluding diaryl/α,β-unsaturated/α-hetero) is 1. The van der Waals surface area contributed by atoms with Gasteiger partial charge < -0.3 is 0 Å². The molecule has 0 spiro atoms. The Bertz CT molecular complexity index is 882. The Labute approximate surface area is 129 Å². The molecule has 3 rings (SSSR count). The molecule has 0 atom stereocenters. The molecule has 23 heavy (non-hydrogen) atoms. The average Bonchev–Trinajstić information content (AvgIpc) is 2.92. The van der Waals surface area contributed by atoms with Crippen LogP contribution in [0.1, 0.15) is 13.3 Å². The molecule has 0 aliphatic heterocycles. The third-order valence-electron chi connectivity index (χ3n) is 3.49. The quantitative estimate of drug-likeness (QED) is 0.692. The maximum Gasteiger partial charge on any atom is 0.194 e. The van der Waals surface area contributed by atoms with Crippen molar-refractivity contribution in [1.29, 1.82) is 0 Å². The van der Waals surface area contributed by atoms with Gasteiger partial charge in [0.1, 0.15) is 11.3 Å². The first-order valence-electron chi connectivity index (χ1n) is 6.91. The zero-order valence-corrected chi connectivity index (χ0v) is 12.2. The second-order valence-corrected chi connectivity index (χ2v) is 5.20. The molecule has 0 radical (unpaired) electrons. The van der Waals surface area contributed by atoms with Crippen LogP contribution >= 0.6 is 0 Å². The molecule has 0 N–H and O–H groups in total. The van der Waals surface area contributed by atoms with Crippen molar-refractivity contribution in [3.63, 3.8) is 0 Å². The van der Waals surface area contributed by atoms with Crippen LogP contribution in [0, 0.1) is 17.5 Å². The summed E-state index contributed by atoms with van der Waals surface area (Å²) in [5.74, 6) is -4.00. The molecule has 0 amide bonds. The van der Waals surface area contributed by atoms with Crippen LogP contribution < -0.4 is 0 Å². The number of carbonyl (C=O) groups is 1. The second kappa shape index (κ2) is 5.83. The third-order valence-corrected chi connectivity index (χ3v) is 3.49. The molecule has 0 aliphatic rings. The molecule has 0 bridgehead atoms. The number of hydrogen-bond donors (Lipinski definition) is 0. The topological polar surface area (TPSA) is 47.8 Å². The molecule has 0 saturated heterocycles. The second-order valence-electron chi connectivity index (χ2n) is 5.20. The summed E-state index contributed by atoms with van der Waals surface area (Å²) in [6.45, 7) is 1.87. The Kier molecular flexibility index (Phi) is 3.85. The van der Waals surface area contributed by atoms with Crippen molar-refractivity contribution in [2.24, 2.45) is 0 Å². The molecule has 1 aromatic carbocycles. The predicted molar refractivity (Wildman–Crippen MR) is 78.1 cm³/mol. The molecule has 4 nitrogen and oxygen atoms in total. The Morgan fingerprint density at radius 1 is 1.09 bits per heavy atom. The Morgan fingerprint density at radius 3 is 2.43 bits per heavy atom. The van der Waals surface area contributed by atoms with Gasteiger partial charge in [-0.2, -0.15) is 5.10 Å². The highest BCUT2D eigenvalue weighted by molar-refractivity contribution is 5.80. The van der Waals surface area contributed by atoms with Crippen LogP contribution in [0.25, 0.3) is 22.2 Å². The van der Waals surface area contributed by atoms with E-state index in [1.165, 1.54) is 13.1 Å². The average molecular weight is 319 g/mol. The molecular weight excluding hydrogens is 307 g/mol. The molecule has 0 saturated carbocycles. The summed E-state index contributed by atoms with van der Waals surface area (Å²) < 4.78 is 41.4. The van der Waals surface area contributed by atoms with Crippen LogP contribution in [-0.2, 0) is 11.3 Å². The number of fused-ring (bicyclic) bond motifs is 1. The van der Waals surface area contributed by atoms with Crippen LogP contribution in [-0.4, -0.2) is 20.5 Å². The molecular formula is C16H12F3N3O. The van der Waals surface area contributed by atoms with Gasteiger partial charge in [0.25, 0.3) is 0 Å². The molecule has 0 unspecified atom stereocenters. The fourth-order valence-corrected chi connectivity index (χ4v) is 2.28. The summed E-state index contributed by atoms with van der Waals surface area (Å²) in [5.41, 5.74) is 1.84. The van der Waals surface area contributed by atoms with Gasteiger partial charge in [-0.05, 0) is 30.7 Å². The summed E-state index contributed by atoms with van der Waals surface area (Å²) in [4.78, 5) is 15.3. The van der Waals surface area contributed by atoms with Gasteiger partial charge in [-0.1, -0.05) is 0 Å². The van der Waals surface area contributed by atoms with E-state index in [0.717, 1.165) is 12.1 Å². The van der Waals surface area contributed by atoms with Gasteiger partial charge >= 0.3 is 0 Å². The van der Waals surface area contributed by atoms with Crippen molar-refractivity contribution < 1.29 is 18.0 Å². The lowest BCUT2D eigenvalue weighted by Gasteiger charge is -2.06. The van der Waals surface area contributed by atoms with Crippen LogP contribution in [0.15, 0.2) is 30.6 Å². The highest BCUT2D eigenvalue weighted by Gasteiger charge is 2.13. The van der Waals surface area contributed by atoms with Gasteiger partial charge in [-0.15, -0.1) is 0 Å². The fraction of sp³-hybridized carbons (Fsp3) is 0.188. The lowest BCUT2D eigenvalue weighted by Crippen LogP contribution is -2.04. The van der Waals surface area contributed by atoms with Crippen LogP contribution in [0.5, 0.6) is 0 Å². The van der Waals surface area contributed by atoms with E-state index >= 15 is 0 Å². The summed E-state index contributed by atoms with van der Waals surface area (Å²) >= 11 is 0. The molecule has 3 aromatic rings. The van der Waals surface area contributed by atoms with Crippen molar-refractivity contribution in [1.82, 2.24) is 14.8 Å². The van der Waals surface area contributed by atoms with Gasteiger partial charge in [-0.25, -0.2) is 13.2 Å². The van der Waals surface area contributed by atoms with E-state index in [4.69, 9.17) is 0 Å². The zero-order chi connectivity index (χ0) is 16.6. The number of benzene rings is 1. The zero-order valence-electron chi connectivity index (χ0n) is 12.2. The minimum atomic E-state index is -1.51. The summed E-state index contributed by atoms with van der Waals surface area (Å²) in [6, 6.07) is 3.48. The molecule has 118 valence electrons. The van der Waals surface area contributed by atoms with E-state index < -0.39 is 17.5 Å². The Hall–Kier alpha value is -2.70. The first kappa shape index (κ1) is 15.2. The number of aromatic nitrogens is 3. The highest BCUT2D eigenvalue weighted by Crippen LogP contribution is 2.26. The largest absolute Gasteiger partial charge is 0.300 e. The lowest BCUT2D eigenvalue weighted by atomic mass is 10.1. The van der Waals surface area contributed by atoms with Gasteiger partial charge in [0.05, 0.1) is 11.7 Å². The van der Waals surface area contributed by atoms with Crippen molar-refractivity contribution in [2.45, 2.75) is 19.9 Å². The van der Waals surface area contributed by atoms with E-state index in [1.54, 1.807) is 16.9 Å². The van der Waals surface area contributed by atoms with Crippen molar-refractivity contribution in [2.75, 3.05) is 0 Å². The van der Waals surface area contributed by atoms with Crippen molar-refractivity contribution in [3.8, 4) is 11.1 Å². The number of aryl methyl sites for hydroxylation is 1. The van der Waals surface area contributed by atoms with E-state index in [1.807, 2.05) is 0 Å². The number of rotatable bonds is 4. The predicted octanol–water partition coefficient (Wildman–Crippen LogP) is 3.49. The fourth-order valence-electron chi connectivity index (χ4n) is 2.28. The monoisotopic (exact) mass is 319 g/mol. The minimum absolute atomic E-state index is 0.0282. The number of ketones is 1.